The average Bonchev–Trinajstić information content (AvgIpc) is 3.17. The minimum absolute atomic E-state index is 0.0242. The molecule has 0 radical (unpaired) electrons. The van der Waals surface area contributed by atoms with E-state index in [1.165, 1.54) is 4.90 Å². The topological polar surface area (TPSA) is 85.3 Å². The molecule has 5 rings (SSSR count). The number of benzene rings is 3. The van der Waals surface area contributed by atoms with Crippen LogP contribution in [0, 0.1) is 0 Å². The Labute approximate surface area is 215 Å². The molecule has 3 aromatic carbocycles. The third-order valence-corrected chi connectivity index (χ3v) is 6.64. The van der Waals surface area contributed by atoms with Gasteiger partial charge >= 0.3 is 0 Å². The Morgan fingerprint density at radius 2 is 1.65 bits per heavy atom. The number of carbonyl (C=O) groups excluding carboxylic acids is 2. The second-order valence-electron chi connectivity index (χ2n) is 10.1. The Morgan fingerprint density at radius 1 is 0.946 bits per heavy atom. The monoisotopic (exact) mass is 499 g/mol. The predicted molar refractivity (Wildman–Crippen MR) is 140 cm³/mol. The molecule has 1 fully saturated rings. The highest BCUT2D eigenvalue weighted by molar-refractivity contribution is 6.51. The number of methoxy groups -OCH3 is 1. The van der Waals surface area contributed by atoms with Crippen LogP contribution < -0.4 is 19.1 Å². The third kappa shape index (κ3) is 4.31. The molecule has 37 heavy (non-hydrogen) atoms. The number of aliphatic hydroxyl groups is 1. The summed E-state index contributed by atoms with van der Waals surface area (Å²) in [6.07, 6.45) is 0. The van der Waals surface area contributed by atoms with E-state index in [-0.39, 0.29) is 16.7 Å². The molecule has 1 unspecified atom stereocenters. The van der Waals surface area contributed by atoms with Crippen molar-refractivity contribution in [2.45, 2.75) is 32.2 Å². The minimum Gasteiger partial charge on any atom is -0.507 e. The van der Waals surface area contributed by atoms with E-state index in [4.69, 9.17) is 14.2 Å². The second kappa shape index (κ2) is 9.32. The maximum absolute atomic E-state index is 13.5. The highest BCUT2D eigenvalue weighted by atomic mass is 16.6. The Hall–Kier alpha value is -4.26. The van der Waals surface area contributed by atoms with Gasteiger partial charge in [-0.3, -0.25) is 14.5 Å². The highest BCUT2D eigenvalue weighted by Gasteiger charge is 2.47. The molecule has 1 saturated heterocycles. The molecule has 2 heterocycles. The number of amides is 1. The number of nitrogens with zero attached hydrogens (tertiary/aromatic N) is 1. The first kappa shape index (κ1) is 24.4. The van der Waals surface area contributed by atoms with E-state index in [9.17, 15) is 14.7 Å². The van der Waals surface area contributed by atoms with Crippen LogP contribution in [0.4, 0.5) is 5.69 Å². The van der Waals surface area contributed by atoms with E-state index in [0.717, 1.165) is 5.56 Å². The fourth-order valence-electron chi connectivity index (χ4n) is 4.83. The second-order valence-corrected chi connectivity index (χ2v) is 10.1. The van der Waals surface area contributed by atoms with E-state index < -0.39 is 17.7 Å². The molecule has 1 atom stereocenters. The van der Waals surface area contributed by atoms with Crippen LogP contribution >= 0.6 is 0 Å². The number of rotatable bonds is 4. The van der Waals surface area contributed by atoms with Crippen molar-refractivity contribution in [1.29, 1.82) is 0 Å². The lowest BCUT2D eigenvalue weighted by Gasteiger charge is -2.27. The van der Waals surface area contributed by atoms with E-state index in [0.29, 0.717) is 47.3 Å². The number of anilines is 1. The van der Waals surface area contributed by atoms with Crippen LogP contribution in [0.5, 0.6) is 17.2 Å². The van der Waals surface area contributed by atoms with Gasteiger partial charge in [0.15, 0.2) is 11.5 Å². The smallest absolute Gasteiger partial charge is 0.300 e. The molecule has 0 saturated carbocycles. The van der Waals surface area contributed by atoms with Crippen LogP contribution in [-0.4, -0.2) is 37.1 Å². The van der Waals surface area contributed by atoms with Gasteiger partial charge in [-0.05, 0) is 41.3 Å². The van der Waals surface area contributed by atoms with Gasteiger partial charge in [-0.2, -0.15) is 0 Å². The van der Waals surface area contributed by atoms with Gasteiger partial charge < -0.3 is 19.3 Å². The fraction of sp³-hybridized carbons (Fsp3) is 0.267. The molecule has 0 aromatic heterocycles. The van der Waals surface area contributed by atoms with Crippen molar-refractivity contribution in [2.24, 2.45) is 0 Å². The van der Waals surface area contributed by atoms with Gasteiger partial charge in [-0.25, -0.2) is 0 Å². The zero-order valence-electron chi connectivity index (χ0n) is 21.3. The normalized spacial score (nSPS) is 18.7. The largest absolute Gasteiger partial charge is 0.507 e. The molecular formula is C30H29NO6. The summed E-state index contributed by atoms with van der Waals surface area (Å²) in [6, 6.07) is 18.8. The van der Waals surface area contributed by atoms with Crippen molar-refractivity contribution in [3.8, 4) is 17.2 Å². The quantitative estimate of drug-likeness (QED) is 0.294. The Morgan fingerprint density at radius 3 is 2.32 bits per heavy atom. The molecule has 1 amide bonds. The van der Waals surface area contributed by atoms with Crippen LogP contribution in [0.1, 0.15) is 43.5 Å². The molecule has 7 nitrogen and oxygen atoms in total. The van der Waals surface area contributed by atoms with Crippen molar-refractivity contribution in [1.82, 2.24) is 0 Å². The van der Waals surface area contributed by atoms with Crippen LogP contribution in [0.3, 0.4) is 0 Å². The lowest BCUT2D eigenvalue weighted by molar-refractivity contribution is -0.132. The van der Waals surface area contributed by atoms with E-state index in [2.05, 4.69) is 0 Å². The summed E-state index contributed by atoms with van der Waals surface area (Å²) >= 11 is 0. The number of ketones is 1. The summed E-state index contributed by atoms with van der Waals surface area (Å²) in [5.41, 5.74) is 2.23. The average molecular weight is 500 g/mol. The molecule has 0 bridgehead atoms. The Kier molecular flexibility index (Phi) is 6.15. The molecule has 190 valence electrons. The Bertz CT molecular complexity index is 1400. The van der Waals surface area contributed by atoms with Gasteiger partial charge in [0.25, 0.3) is 11.7 Å². The molecule has 0 spiro atoms. The van der Waals surface area contributed by atoms with E-state index >= 15 is 0 Å². The molecular weight excluding hydrogens is 470 g/mol. The van der Waals surface area contributed by atoms with Crippen LogP contribution in [-0.2, 0) is 15.0 Å². The number of hydrogen-bond acceptors (Lipinski definition) is 6. The van der Waals surface area contributed by atoms with E-state index in [1.54, 1.807) is 37.4 Å². The van der Waals surface area contributed by atoms with Gasteiger partial charge in [0.2, 0.25) is 0 Å². The standard InChI is InChI=1S/C30H29NO6/c1-30(2,3)21-16-19(10-12-22(21)35-4)27(32)25-26(18-8-6-5-7-9-18)31(29(34)28(25)33)20-11-13-23-24(17-20)37-15-14-36-23/h5-13,16-17,26,32H,14-15H2,1-4H3/b27-25+. The van der Waals surface area contributed by atoms with Gasteiger partial charge in [0.05, 0.1) is 18.7 Å². The van der Waals surface area contributed by atoms with Crippen LogP contribution in [0.15, 0.2) is 72.3 Å². The third-order valence-electron chi connectivity index (χ3n) is 6.64. The van der Waals surface area contributed by atoms with Gasteiger partial charge in [0, 0.05) is 22.9 Å². The number of carbonyl (C=O) groups is 2. The number of fused-ring (bicyclic) bond motifs is 1. The maximum Gasteiger partial charge on any atom is 0.300 e. The van der Waals surface area contributed by atoms with Crippen molar-refractivity contribution in [2.75, 3.05) is 25.2 Å². The Balaban J connectivity index is 1.69. The molecule has 7 heteroatoms. The molecule has 1 N–H and O–H groups in total. The highest BCUT2D eigenvalue weighted by Crippen LogP contribution is 2.45. The van der Waals surface area contributed by atoms with Crippen molar-refractivity contribution in [3.05, 3.63) is 89.0 Å². The van der Waals surface area contributed by atoms with Crippen molar-refractivity contribution in [3.63, 3.8) is 0 Å². The summed E-state index contributed by atoms with van der Waals surface area (Å²) in [4.78, 5) is 28.4. The first-order chi connectivity index (χ1) is 17.7. The van der Waals surface area contributed by atoms with Gasteiger partial charge in [0.1, 0.15) is 24.7 Å². The van der Waals surface area contributed by atoms with Crippen LogP contribution in [0.25, 0.3) is 5.76 Å². The van der Waals surface area contributed by atoms with Gasteiger partial charge in [-0.1, -0.05) is 51.1 Å². The number of Topliss-reactive ketones (excluding diaryl/α,β-unsaturated/α-hetero) is 1. The summed E-state index contributed by atoms with van der Waals surface area (Å²) in [5, 5.41) is 11.5. The minimum atomic E-state index is -0.830. The number of aliphatic hydroxyl groups excluding tert-OH is 1. The zero-order valence-corrected chi connectivity index (χ0v) is 21.3. The summed E-state index contributed by atoms with van der Waals surface area (Å²) in [6.45, 7) is 6.96. The van der Waals surface area contributed by atoms with Crippen molar-refractivity contribution >= 4 is 23.1 Å². The van der Waals surface area contributed by atoms with Crippen molar-refractivity contribution < 1.29 is 28.9 Å². The number of hydrogen-bond donors (Lipinski definition) is 1. The lowest BCUT2D eigenvalue weighted by atomic mass is 9.84. The predicted octanol–water partition coefficient (Wildman–Crippen LogP) is 5.39. The summed E-state index contributed by atoms with van der Waals surface area (Å²) in [5.74, 6) is 0.0463. The summed E-state index contributed by atoms with van der Waals surface area (Å²) < 4.78 is 16.9. The molecule has 0 aliphatic carbocycles. The fourth-order valence-corrected chi connectivity index (χ4v) is 4.83. The van der Waals surface area contributed by atoms with Gasteiger partial charge in [-0.15, -0.1) is 0 Å². The first-order valence-corrected chi connectivity index (χ1v) is 12.1. The van der Waals surface area contributed by atoms with E-state index in [1.807, 2.05) is 57.2 Å². The molecule has 3 aromatic rings. The van der Waals surface area contributed by atoms with Crippen LogP contribution in [0.2, 0.25) is 0 Å². The molecule has 2 aliphatic heterocycles. The molecule has 2 aliphatic rings. The zero-order chi connectivity index (χ0) is 26.3. The summed E-state index contributed by atoms with van der Waals surface area (Å²) in [7, 11) is 1.60. The first-order valence-electron chi connectivity index (χ1n) is 12.1. The maximum atomic E-state index is 13.5. The number of ether oxygens (including phenoxy) is 3. The lowest BCUT2D eigenvalue weighted by Crippen LogP contribution is -2.29. The SMILES string of the molecule is COc1ccc(/C(O)=C2\C(=O)C(=O)N(c3ccc4c(c3)OCCO4)C2c2ccccc2)cc1C(C)(C)C.